The fourth-order valence-electron chi connectivity index (χ4n) is 6.23. The molecule has 0 radical (unpaired) electrons. The summed E-state index contributed by atoms with van der Waals surface area (Å²) in [7, 11) is 0. The lowest BCUT2D eigenvalue weighted by Crippen LogP contribution is -2.46. The first kappa shape index (κ1) is 32.2. The van der Waals surface area contributed by atoms with Crippen molar-refractivity contribution in [3.05, 3.63) is 99.1 Å². The second-order valence-corrected chi connectivity index (χ2v) is 14.6. The van der Waals surface area contributed by atoms with Gasteiger partial charge in [-0.25, -0.2) is 14.1 Å². The molecule has 9 nitrogen and oxygen atoms in total. The fraction of sp³-hybridized carbons (Fsp3) is 0.286. The Morgan fingerprint density at radius 1 is 1.02 bits per heavy atom. The van der Waals surface area contributed by atoms with Crippen LogP contribution in [0, 0.1) is 17.1 Å². The standard InChI is InChI=1S/C35H32Cl2FN9S/c1-35(2,3)46-10-8-24(9-11-46)47-18-30(44-45-47)33(20-4-7-29-31(12-20)48-19-41-29)43-23-13-25-32(42-22-5-6-28(38)26(36)14-22)21(16-39)17-40-34(25)27(37)15-23/h4-7,12-15,17-19,24,33,43H,8-11H2,1-3H3,(H,40,42)/t33-/m0/s1. The van der Waals surface area contributed by atoms with Gasteiger partial charge in [-0.1, -0.05) is 34.5 Å². The minimum atomic E-state index is -0.535. The van der Waals surface area contributed by atoms with Gasteiger partial charge < -0.3 is 10.6 Å². The van der Waals surface area contributed by atoms with Crippen molar-refractivity contribution in [1.29, 1.82) is 5.26 Å². The van der Waals surface area contributed by atoms with E-state index in [0.29, 0.717) is 38.6 Å². The van der Waals surface area contributed by atoms with Gasteiger partial charge in [-0.05, 0) is 81.6 Å². The number of hydrogen-bond acceptors (Lipinski definition) is 9. The molecule has 2 N–H and O–H groups in total. The normalized spacial score (nSPS) is 15.1. The summed E-state index contributed by atoms with van der Waals surface area (Å²) in [6.07, 6.45) is 5.49. The number of anilines is 3. The molecule has 1 atom stereocenters. The number of thiazole rings is 1. The van der Waals surface area contributed by atoms with Crippen LogP contribution in [0.5, 0.6) is 0 Å². The number of rotatable bonds is 7. The molecule has 1 aliphatic heterocycles. The van der Waals surface area contributed by atoms with Crippen LogP contribution in [-0.2, 0) is 0 Å². The predicted octanol–water partition coefficient (Wildman–Crippen LogP) is 9.13. The summed E-state index contributed by atoms with van der Waals surface area (Å²) in [6.45, 7) is 8.77. The third-order valence-corrected chi connectivity index (χ3v) is 10.2. The van der Waals surface area contributed by atoms with Crippen molar-refractivity contribution in [3.8, 4) is 6.07 Å². The van der Waals surface area contributed by atoms with E-state index >= 15 is 0 Å². The van der Waals surface area contributed by atoms with Gasteiger partial charge in [0.1, 0.15) is 17.6 Å². The van der Waals surface area contributed by atoms with E-state index in [9.17, 15) is 9.65 Å². The number of hydrogen-bond donors (Lipinski definition) is 2. The molecule has 1 saturated heterocycles. The second kappa shape index (κ2) is 12.9. The zero-order chi connectivity index (χ0) is 33.6. The second-order valence-electron chi connectivity index (χ2n) is 12.9. The van der Waals surface area contributed by atoms with Crippen molar-refractivity contribution in [2.75, 3.05) is 23.7 Å². The van der Waals surface area contributed by atoms with Crippen molar-refractivity contribution in [2.24, 2.45) is 0 Å². The third-order valence-electron chi connectivity index (χ3n) is 8.84. The molecule has 1 aliphatic rings. The van der Waals surface area contributed by atoms with Crippen molar-refractivity contribution in [1.82, 2.24) is 29.9 Å². The van der Waals surface area contributed by atoms with Crippen LogP contribution in [0.1, 0.15) is 62.5 Å². The van der Waals surface area contributed by atoms with Crippen molar-refractivity contribution in [3.63, 3.8) is 0 Å². The zero-order valence-corrected chi connectivity index (χ0v) is 28.8. The number of fused-ring (bicyclic) bond motifs is 2. The average Bonchev–Trinajstić information content (AvgIpc) is 3.75. The maximum absolute atomic E-state index is 13.9. The van der Waals surface area contributed by atoms with Crippen molar-refractivity contribution in [2.45, 2.75) is 51.2 Å². The molecule has 7 rings (SSSR count). The number of piperidine rings is 1. The Morgan fingerprint density at radius 3 is 2.56 bits per heavy atom. The third kappa shape index (κ3) is 6.41. The summed E-state index contributed by atoms with van der Waals surface area (Å²) < 4.78 is 17.0. The fourth-order valence-corrected chi connectivity index (χ4v) is 7.40. The molecule has 0 amide bonds. The highest BCUT2D eigenvalue weighted by Crippen LogP contribution is 2.38. The van der Waals surface area contributed by atoms with Crippen LogP contribution in [0.4, 0.5) is 21.5 Å². The zero-order valence-electron chi connectivity index (χ0n) is 26.5. The number of halogens is 3. The lowest BCUT2D eigenvalue weighted by atomic mass is 9.98. The Hall–Kier alpha value is -4.34. The van der Waals surface area contributed by atoms with E-state index in [0.717, 1.165) is 47.4 Å². The van der Waals surface area contributed by atoms with Crippen LogP contribution in [0.2, 0.25) is 10.0 Å². The quantitative estimate of drug-likeness (QED) is 0.170. The Balaban J connectivity index is 1.27. The molecule has 0 saturated carbocycles. The summed E-state index contributed by atoms with van der Waals surface area (Å²) in [6, 6.07) is 16.3. The summed E-state index contributed by atoms with van der Waals surface area (Å²) in [4.78, 5) is 11.5. The van der Waals surface area contributed by atoms with Crippen LogP contribution < -0.4 is 10.6 Å². The first-order chi connectivity index (χ1) is 23.1. The number of likely N-dealkylation sites (tertiary alicyclic amines) is 1. The number of pyridine rings is 1. The molecule has 6 aromatic rings. The molecular weight excluding hydrogens is 668 g/mol. The van der Waals surface area contributed by atoms with Gasteiger partial charge in [0.25, 0.3) is 0 Å². The largest absolute Gasteiger partial charge is 0.373 e. The maximum Gasteiger partial charge on any atom is 0.141 e. The highest BCUT2D eigenvalue weighted by Gasteiger charge is 2.29. The SMILES string of the molecule is CC(C)(C)N1CCC(n2cc([C@@H](Nc3cc(Cl)c4ncc(C#N)c(Nc5ccc(F)c(Cl)c5)c4c3)c3ccc4ncsc4c3)nn2)CC1. The van der Waals surface area contributed by atoms with Gasteiger partial charge in [0.2, 0.25) is 0 Å². The van der Waals surface area contributed by atoms with Gasteiger partial charge >= 0.3 is 0 Å². The number of nitrogens with one attached hydrogen (secondary N) is 2. The van der Waals surface area contributed by atoms with Crippen LogP contribution in [0.25, 0.3) is 21.1 Å². The van der Waals surface area contributed by atoms with E-state index in [1.807, 2.05) is 40.7 Å². The lowest BCUT2D eigenvalue weighted by molar-refractivity contribution is 0.0866. The number of nitriles is 1. The molecule has 0 aliphatic carbocycles. The van der Waals surface area contributed by atoms with E-state index < -0.39 is 5.82 Å². The highest BCUT2D eigenvalue weighted by atomic mass is 35.5. The highest BCUT2D eigenvalue weighted by molar-refractivity contribution is 7.16. The van der Waals surface area contributed by atoms with Crippen LogP contribution in [-0.4, -0.2) is 48.5 Å². The van der Waals surface area contributed by atoms with Gasteiger partial charge in [-0.3, -0.25) is 9.88 Å². The van der Waals surface area contributed by atoms with Gasteiger partial charge in [0.15, 0.2) is 0 Å². The summed E-state index contributed by atoms with van der Waals surface area (Å²) in [5, 5.41) is 27.1. The molecular formula is C35H32Cl2FN9S. The Bertz CT molecular complexity index is 2180. The van der Waals surface area contributed by atoms with Crippen LogP contribution in [0.15, 0.2) is 66.4 Å². The molecule has 4 heterocycles. The van der Waals surface area contributed by atoms with Gasteiger partial charge in [0, 0.05) is 41.6 Å². The Morgan fingerprint density at radius 2 is 1.81 bits per heavy atom. The molecule has 3 aromatic heterocycles. The van der Waals surface area contributed by atoms with E-state index in [2.05, 4.69) is 68.7 Å². The lowest BCUT2D eigenvalue weighted by Gasteiger charge is -2.40. The number of nitrogens with zero attached hydrogens (tertiary/aromatic N) is 7. The van der Waals surface area contributed by atoms with E-state index in [1.165, 1.54) is 18.3 Å². The average molecular weight is 701 g/mol. The molecule has 1 fully saturated rings. The Kier molecular flexibility index (Phi) is 8.68. The summed E-state index contributed by atoms with van der Waals surface area (Å²) in [5.41, 5.74) is 7.13. The van der Waals surface area contributed by atoms with Crippen molar-refractivity contribution < 1.29 is 4.39 Å². The van der Waals surface area contributed by atoms with Crippen LogP contribution >= 0.6 is 34.5 Å². The molecule has 3 aromatic carbocycles. The van der Waals surface area contributed by atoms with Gasteiger partial charge in [-0.15, -0.1) is 16.4 Å². The number of benzene rings is 3. The molecule has 0 spiro atoms. The molecule has 48 heavy (non-hydrogen) atoms. The predicted molar refractivity (Wildman–Crippen MR) is 191 cm³/mol. The summed E-state index contributed by atoms with van der Waals surface area (Å²) >= 11 is 14.5. The minimum Gasteiger partial charge on any atom is -0.373 e. The van der Waals surface area contributed by atoms with Gasteiger partial charge in [-0.2, -0.15) is 5.26 Å². The van der Waals surface area contributed by atoms with Crippen molar-refractivity contribution >= 4 is 72.7 Å². The van der Waals surface area contributed by atoms with E-state index in [4.69, 9.17) is 23.2 Å². The smallest absolute Gasteiger partial charge is 0.141 e. The van der Waals surface area contributed by atoms with E-state index in [-0.39, 0.29) is 22.6 Å². The van der Waals surface area contributed by atoms with E-state index in [1.54, 1.807) is 17.4 Å². The van der Waals surface area contributed by atoms with Crippen LogP contribution in [0.3, 0.4) is 0 Å². The number of aromatic nitrogens is 5. The Labute approximate surface area is 291 Å². The monoisotopic (exact) mass is 699 g/mol. The molecule has 244 valence electrons. The topological polar surface area (TPSA) is 108 Å². The van der Waals surface area contributed by atoms with Gasteiger partial charge in [0.05, 0.1) is 60.8 Å². The molecule has 0 bridgehead atoms. The summed E-state index contributed by atoms with van der Waals surface area (Å²) in [5.74, 6) is -0.535. The molecule has 0 unspecified atom stereocenters. The minimum absolute atomic E-state index is 0.0363. The first-order valence-electron chi connectivity index (χ1n) is 15.6. The first-order valence-corrected chi connectivity index (χ1v) is 17.2. The molecule has 13 heteroatoms. The maximum atomic E-state index is 13.9.